The van der Waals surface area contributed by atoms with Crippen LogP contribution in [-0.2, 0) is 0 Å². The first-order valence-electron chi connectivity index (χ1n) is 5.76. The summed E-state index contributed by atoms with van der Waals surface area (Å²) in [6.45, 7) is 5.15. The number of aromatic nitrogens is 1. The molecule has 0 aliphatic heterocycles. The highest BCUT2D eigenvalue weighted by atomic mass is 14.6. The fraction of sp³-hybridized carbons (Fsp3) is 0.357. The third-order valence-corrected chi connectivity index (χ3v) is 3.43. The Bertz CT molecular complexity index is 474. The van der Waals surface area contributed by atoms with Crippen LogP contribution in [0.3, 0.4) is 0 Å². The van der Waals surface area contributed by atoms with Gasteiger partial charge in [0.25, 0.3) is 0 Å². The highest BCUT2D eigenvalue weighted by molar-refractivity contribution is 5.85. The zero-order valence-electron chi connectivity index (χ0n) is 9.85. The number of nitrogens with zero attached hydrogens (tertiary/aromatic N) is 1. The quantitative estimate of drug-likeness (QED) is 0.853. The number of rotatable bonds is 3. The fourth-order valence-corrected chi connectivity index (χ4v) is 2.04. The van der Waals surface area contributed by atoms with Crippen molar-refractivity contribution in [3.05, 3.63) is 42.2 Å². The predicted molar refractivity (Wildman–Crippen MR) is 68.4 cm³/mol. The molecular formula is C14H18N2. The van der Waals surface area contributed by atoms with Crippen LogP contribution in [0.25, 0.3) is 10.8 Å². The Morgan fingerprint density at radius 2 is 2.06 bits per heavy atom. The van der Waals surface area contributed by atoms with Gasteiger partial charge in [0.05, 0.1) is 0 Å². The van der Waals surface area contributed by atoms with Gasteiger partial charge in [-0.15, -0.1) is 0 Å². The van der Waals surface area contributed by atoms with Crippen molar-refractivity contribution in [2.75, 3.05) is 6.54 Å². The van der Waals surface area contributed by atoms with E-state index >= 15 is 0 Å². The third kappa shape index (κ3) is 1.93. The molecular weight excluding hydrogens is 196 g/mol. The number of pyridine rings is 1. The smallest absolute Gasteiger partial charge is 0.0349 e. The number of fused-ring (bicyclic) bond motifs is 1. The molecule has 2 atom stereocenters. The van der Waals surface area contributed by atoms with Gasteiger partial charge in [0.1, 0.15) is 0 Å². The summed E-state index contributed by atoms with van der Waals surface area (Å²) in [5.41, 5.74) is 7.09. The topological polar surface area (TPSA) is 38.9 Å². The van der Waals surface area contributed by atoms with E-state index in [4.69, 9.17) is 5.73 Å². The second-order valence-electron chi connectivity index (χ2n) is 4.45. The molecule has 0 bridgehead atoms. The second kappa shape index (κ2) is 4.62. The Morgan fingerprint density at radius 3 is 2.81 bits per heavy atom. The van der Waals surface area contributed by atoms with Gasteiger partial charge >= 0.3 is 0 Å². The van der Waals surface area contributed by atoms with Crippen LogP contribution in [0.15, 0.2) is 36.7 Å². The third-order valence-electron chi connectivity index (χ3n) is 3.43. The van der Waals surface area contributed by atoms with Crippen LogP contribution >= 0.6 is 0 Å². The average Bonchev–Trinajstić information content (AvgIpc) is 2.36. The SMILES string of the molecule is CC(CN)C(C)c1cccc2ccncc12. The maximum atomic E-state index is 5.74. The summed E-state index contributed by atoms with van der Waals surface area (Å²) in [6, 6.07) is 8.47. The van der Waals surface area contributed by atoms with Crippen LogP contribution in [0.1, 0.15) is 25.3 Å². The van der Waals surface area contributed by atoms with Crippen LogP contribution < -0.4 is 5.73 Å². The highest BCUT2D eigenvalue weighted by Gasteiger charge is 2.14. The molecule has 2 nitrogen and oxygen atoms in total. The standard InChI is InChI=1S/C14H18N2/c1-10(8-15)11(2)13-5-3-4-12-6-7-16-9-14(12)13/h3-7,9-11H,8,15H2,1-2H3. The molecule has 1 heterocycles. The first-order valence-corrected chi connectivity index (χ1v) is 5.76. The van der Waals surface area contributed by atoms with Gasteiger partial charge in [0.15, 0.2) is 0 Å². The summed E-state index contributed by atoms with van der Waals surface area (Å²) in [5, 5.41) is 2.50. The zero-order valence-corrected chi connectivity index (χ0v) is 9.85. The van der Waals surface area contributed by atoms with E-state index in [-0.39, 0.29) is 0 Å². The van der Waals surface area contributed by atoms with Crippen LogP contribution in [0.5, 0.6) is 0 Å². The molecule has 2 heteroatoms. The van der Waals surface area contributed by atoms with Crippen LogP contribution in [0.2, 0.25) is 0 Å². The zero-order chi connectivity index (χ0) is 11.5. The highest BCUT2D eigenvalue weighted by Crippen LogP contribution is 2.29. The van der Waals surface area contributed by atoms with Crippen molar-refractivity contribution < 1.29 is 0 Å². The molecule has 2 rings (SSSR count). The Labute approximate surface area is 96.5 Å². The number of hydrogen-bond donors (Lipinski definition) is 1. The molecule has 0 fully saturated rings. The lowest BCUT2D eigenvalue weighted by Gasteiger charge is -2.20. The molecule has 1 aromatic carbocycles. The minimum Gasteiger partial charge on any atom is -0.330 e. The van der Waals surface area contributed by atoms with Crippen LogP contribution in [0, 0.1) is 5.92 Å². The van der Waals surface area contributed by atoms with Crippen LogP contribution in [0.4, 0.5) is 0 Å². The average molecular weight is 214 g/mol. The van der Waals surface area contributed by atoms with E-state index in [1.807, 2.05) is 12.4 Å². The van der Waals surface area contributed by atoms with Gasteiger partial charge < -0.3 is 5.73 Å². The molecule has 0 spiro atoms. The molecule has 84 valence electrons. The molecule has 16 heavy (non-hydrogen) atoms. The molecule has 2 aromatic rings. The van der Waals surface area contributed by atoms with Gasteiger partial charge in [-0.05, 0) is 35.4 Å². The number of nitrogens with two attached hydrogens (primary N) is 1. The number of hydrogen-bond acceptors (Lipinski definition) is 2. The van der Waals surface area contributed by atoms with E-state index in [9.17, 15) is 0 Å². The molecule has 1 aromatic heterocycles. The largest absolute Gasteiger partial charge is 0.330 e. The van der Waals surface area contributed by atoms with E-state index in [1.165, 1.54) is 16.3 Å². The van der Waals surface area contributed by atoms with E-state index < -0.39 is 0 Å². The lowest BCUT2D eigenvalue weighted by Crippen LogP contribution is -2.17. The molecule has 2 unspecified atom stereocenters. The lowest BCUT2D eigenvalue weighted by molar-refractivity contribution is 0.501. The van der Waals surface area contributed by atoms with Crippen molar-refractivity contribution in [1.29, 1.82) is 0 Å². The summed E-state index contributed by atoms with van der Waals surface area (Å²) in [5.74, 6) is 0.962. The van der Waals surface area contributed by atoms with Crippen molar-refractivity contribution in [2.45, 2.75) is 19.8 Å². The van der Waals surface area contributed by atoms with Crippen molar-refractivity contribution in [3.63, 3.8) is 0 Å². The fourth-order valence-electron chi connectivity index (χ4n) is 2.04. The minimum atomic E-state index is 0.470. The Balaban J connectivity index is 2.52. The number of benzene rings is 1. The summed E-state index contributed by atoms with van der Waals surface area (Å²) in [7, 11) is 0. The summed E-state index contributed by atoms with van der Waals surface area (Å²) in [4.78, 5) is 4.21. The van der Waals surface area contributed by atoms with Gasteiger partial charge in [-0.1, -0.05) is 32.0 Å². The Morgan fingerprint density at radius 1 is 1.25 bits per heavy atom. The van der Waals surface area contributed by atoms with E-state index in [0.717, 1.165) is 6.54 Å². The molecule has 0 aliphatic carbocycles. The summed E-state index contributed by atoms with van der Waals surface area (Å²) >= 11 is 0. The molecule has 0 saturated heterocycles. The van der Waals surface area contributed by atoms with E-state index in [1.54, 1.807) is 0 Å². The molecule has 0 aliphatic rings. The van der Waals surface area contributed by atoms with Crippen molar-refractivity contribution in [1.82, 2.24) is 4.98 Å². The molecule has 2 N–H and O–H groups in total. The van der Waals surface area contributed by atoms with Gasteiger partial charge in [0, 0.05) is 17.8 Å². The lowest BCUT2D eigenvalue weighted by atomic mass is 9.86. The van der Waals surface area contributed by atoms with Gasteiger partial charge in [-0.2, -0.15) is 0 Å². The first-order chi connectivity index (χ1) is 7.74. The maximum absolute atomic E-state index is 5.74. The van der Waals surface area contributed by atoms with Crippen molar-refractivity contribution in [3.8, 4) is 0 Å². The van der Waals surface area contributed by atoms with Crippen LogP contribution in [-0.4, -0.2) is 11.5 Å². The van der Waals surface area contributed by atoms with Crippen molar-refractivity contribution >= 4 is 10.8 Å². The molecule has 0 radical (unpaired) electrons. The monoisotopic (exact) mass is 214 g/mol. The second-order valence-corrected chi connectivity index (χ2v) is 4.45. The normalized spacial score (nSPS) is 14.9. The molecule has 0 saturated carbocycles. The Kier molecular flexibility index (Phi) is 3.20. The van der Waals surface area contributed by atoms with Crippen molar-refractivity contribution in [2.24, 2.45) is 11.7 Å². The minimum absolute atomic E-state index is 0.470. The predicted octanol–water partition coefficient (Wildman–Crippen LogP) is 2.93. The van der Waals surface area contributed by atoms with Gasteiger partial charge in [-0.3, -0.25) is 4.98 Å². The van der Waals surface area contributed by atoms with E-state index in [2.05, 4.69) is 43.1 Å². The van der Waals surface area contributed by atoms with Gasteiger partial charge in [-0.25, -0.2) is 0 Å². The van der Waals surface area contributed by atoms with Gasteiger partial charge in [0.2, 0.25) is 0 Å². The Hall–Kier alpha value is -1.41. The maximum Gasteiger partial charge on any atom is 0.0349 e. The summed E-state index contributed by atoms with van der Waals surface area (Å²) < 4.78 is 0. The first kappa shape index (κ1) is 11.1. The van der Waals surface area contributed by atoms with E-state index in [0.29, 0.717) is 11.8 Å². The molecule has 0 amide bonds. The summed E-state index contributed by atoms with van der Waals surface area (Å²) in [6.07, 6.45) is 3.79.